The average molecular weight is 167 g/mol. The zero-order valence-electron chi connectivity index (χ0n) is 7.83. The van der Waals surface area contributed by atoms with Gasteiger partial charge in [-0.2, -0.15) is 5.10 Å². The van der Waals surface area contributed by atoms with Gasteiger partial charge in [0, 0.05) is 18.4 Å². The number of aromatic nitrogens is 2. The first-order valence-electron chi connectivity index (χ1n) is 4.47. The highest BCUT2D eigenvalue weighted by Gasteiger charge is 2.04. The Kier molecular flexibility index (Phi) is 3.29. The van der Waals surface area contributed by atoms with Crippen molar-refractivity contribution < 1.29 is 0 Å². The predicted molar refractivity (Wildman–Crippen MR) is 50.0 cm³/mol. The van der Waals surface area contributed by atoms with Crippen molar-refractivity contribution in [2.24, 2.45) is 5.73 Å². The molecule has 0 amide bonds. The molecule has 1 aromatic rings. The number of nitrogens with two attached hydrogens (primary N) is 1. The van der Waals surface area contributed by atoms with Crippen molar-refractivity contribution in [3.8, 4) is 0 Å². The summed E-state index contributed by atoms with van der Waals surface area (Å²) in [6, 6.07) is 2.07. The summed E-state index contributed by atoms with van der Waals surface area (Å²) >= 11 is 0. The molecule has 0 atom stereocenters. The molecule has 0 aliphatic rings. The second kappa shape index (κ2) is 4.26. The van der Waals surface area contributed by atoms with Crippen LogP contribution in [0.4, 0.5) is 0 Å². The van der Waals surface area contributed by atoms with Crippen LogP contribution in [0.1, 0.15) is 31.9 Å². The van der Waals surface area contributed by atoms with Crippen LogP contribution in [0.2, 0.25) is 0 Å². The smallest absolute Gasteiger partial charge is 0.0492 e. The molecule has 3 heteroatoms. The maximum absolute atomic E-state index is 5.43. The number of hydrogen-bond acceptors (Lipinski definition) is 2. The predicted octanol–water partition coefficient (Wildman–Crippen LogP) is 1.36. The van der Waals surface area contributed by atoms with E-state index in [2.05, 4.69) is 25.0 Å². The van der Waals surface area contributed by atoms with Crippen molar-refractivity contribution in [2.75, 3.05) is 6.54 Å². The Hall–Kier alpha value is -0.830. The molecule has 0 bridgehead atoms. The molecule has 68 valence electrons. The molecule has 0 aliphatic carbocycles. The van der Waals surface area contributed by atoms with Gasteiger partial charge in [0.2, 0.25) is 0 Å². The van der Waals surface area contributed by atoms with Crippen molar-refractivity contribution in [1.29, 1.82) is 0 Å². The van der Waals surface area contributed by atoms with Crippen LogP contribution in [-0.2, 0) is 6.54 Å². The van der Waals surface area contributed by atoms with Crippen molar-refractivity contribution in [1.82, 2.24) is 9.78 Å². The lowest BCUT2D eigenvalue weighted by Gasteiger charge is -2.08. The van der Waals surface area contributed by atoms with E-state index in [1.54, 1.807) is 0 Å². The van der Waals surface area contributed by atoms with Crippen LogP contribution in [0, 0.1) is 0 Å². The summed E-state index contributed by atoms with van der Waals surface area (Å²) in [5.74, 6) is 0.547. The monoisotopic (exact) mass is 167 g/mol. The van der Waals surface area contributed by atoms with E-state index in [1.165, 1.54) is 5.69 Å². The van der Waals surface area contributed by atoms with Gasteiger partial charge in [-0.05, 0) is 24.9 Å². The van der Waals surface area contributed by atoms with E-state index in [0.29, 0.717) is 5.92 Å². The van der Waals surface area contributed by atoms with Crippen LogP contribution in [-0.4, -0.2) is 16.3 Å². The van der Waals surface area contributed by atoms with Crippen LogP contribution in [0.25, 0.3) is 0 Å². The Labute approximate surface area is 73.6 Å². The summed E-state index contributed by atoms with van der Waals surface area (Å²) in [5.41, 5.74) is 6.73. The van der Waals surface area contributed by atoms with E-state index in [0.717, 1.165) is 19.5 Å². The molecular weight excluding hydrogens is 150 g/mol. The molecular formula is C9H17N3. The van der Waals surface area contributed by atoms with Gasteiger partial charge in [0.05, 0.1) is 0 Å². The Morgan fingerprint density at radius 1 is 1.58 bits per heavy atom. The average Bonchev–Trinajstić information content (AvgIpc) is 2.48. The molecule has 0 spiro atoms. The first kappa shape index (κ1) is 9.26. The normalized spacial score (nSPS) is 11.0. The van der Waals surface area contributed by atoms with Crippen molar-refractivity contribution >= 4 is 0 Å². The van der Waals surface area contributed by atoms with E-state index in [9.17, 15) is 0 Å². The zero-order valence-corrected chi connectivity index (χ0v) is 7.83. The molecule has 3 nitrogen and oxygen atoms in total. The van der Waals surface area contributed by atoms with E-state index >= 15 is 0 Å². The molecule has 0 aromatic carbocycles. The van der Waals surface area contributed by atoms with Gasteiger partial charge in [0.1, 0.15) is 0 Å². The van der Waals surface area contributed by atoms with E-state index in [1.807, 2.05) is 10.9 Å². The fraction of sp³-hybridized carbons (Fsp3) is 0.667. The second-order valence-corrected chi connectivity index (χ2v) is 3.28. The summed E-state index contributed by atoms with van der Waals surface area (Å²) in [4.78, 5) is 0. The van der Waals surface area contributed by atoms with Gasteiger partial charge in [-0.25, -0.2) is 0 Å². The van der Waals surface area contributed by atoms with E-state index in [4.69, 9.17) is 5.73 Å². The second-order valence-electron chi connectivity index (χ2n) is 3.28. The topological polar surface area (TPSA) is 43.8 Å². The third-order valence-corrected chi connectivity index (χ3v) is 1.91. The molecule has 1 heterocycles. The van der Waals surface area contributed by atoms with E-state index < -0.39 is 0 Å². The van der Waals surface area contributed by atoms with Gasteiger partial charge in [-0.15, -0.1) is 0 Å². The third kappa shape index (κ3) is 2.08. The quantitative estimate of drug-likeness (QED) is 0.735. The van der Waals surface area contributed by atoms with Crippen LogP contribution in [0.15, 0.2) is 12.3 Å². The molecule has 12 heavy (non-hydrogen) atoms. The van der Waals surface area contributed by atoms with E-state index in [-0.39, 0.29) is 0 Å². The highest BCUT2D eigenvalue weighted by Crippen LogP contribution is 2.12. The zero-order chi connectivity index (χ0) is 8.97. The molecule has 2 N–H and O–H groups in total. The van der Waals surface area contributed by atoms with Gasteiger partial charge >= 0.3 is 0 Å². The van der Waals surface area contributed by atoms with Crippen molar-refractivity contribution in [3.63, 3.8) is 0 Å². The first-order valence-corrected chi connectivity index (χ1v) is 4.47. The first-order chi connectivity index (χ1) is 5.75. The molecule has 0 radical (unpaired) electrons. The molecule has 0 saturated heterocycles. The van der Waals surface area contributed by atoms with Crippen LogP contribution < -0.4 is 5.73 Å². The SMILES string of the molecule is CC(C)c1ccnn1CCCN. The standard InChI is InChI=1S/C9H17N3/c1-8(2)9-4-6-11-12(9)7-3-5-10/h4,6,8H,3,5,7,10H2,1-2H3. The fourth-order valence-electron chi connectivity index (χ4n) is 1.26. The lowest BCUT2D eigenvalue weighted by Crippen LogP contribution is -2.10. The van der Waals surface area contributed by atoms with Crippen LogP contribution in [0.5, 0.6) is 0 Å². The van der Waals surface area contributed by atoms with Gasteiger partial charge < -0.3 is 5.73 Å². The number of nitrogens with zero attached hydrogens (tertiary/aromatic N) is 2. The Morgan fingerprint density at radius 2 is 2.33 bits per heavy atom. The minimum atomic E-state index is 0.547. The number of aryl methyl sites for hydroxylation is 1. The summed E-state index contributed by atoms with van der Waals surface area (Å²) in [5, 5.41) is 4.24. The summed E-state index contributed by atoms with van der Waals surface area (Å²) < 4.78 is 2.04. The van der Waals surface area contributed by atoms with Crippen LogP contribution in [0.3, 0.4) is 0 Å². The fourth-order valence-corrected chi connectivity index (χ4v) is 1.26. The lowest BCUT2D eigenvalue weighted by molar-refractivity contribution is 0.545. The Bertz CT molecular complexity index is 227. The minimum absolute atomic E-state index is 0.547. The third-order valence-electron chi connectivity index (χ3n) is 1.91. The molecule has 0 unspecified atom stereocenters. The summed E-state index contributed by atoms with van der Waals surface area (Å²) in [7, 11) is 0. The lowest BCUT2D eigenvalue weighted by atomic mass is 10.1. The summed E-state index contributed by atoms with van der Waals surface area (Å²) in [6.07, 6.45) is 2.85. The minimum Gasteiger partial charge on any atom is -0.330 e. The Morgan fingerprint density at radius 3 is 2.92 bits per heavy atom. The maximum atomic E-state index is 5.43. The highest BCUT2D eigenvalue weighted by molar-refractivity contribution is 5.05. The largest absolute Gasteiger partial charge is 0.330 e. The van der Waals surface area contributed by atoms with Crippen molar-refractivity contribution in [2.45, 2.75) is 32.7 Å². The van der Waals surface area contributed by atoms with Gasteiger partial charge in [0.25, 0.3) is 0 Å². The van der Waals surface area contributed by atoms with Gasteiger partial charge in [-0.3, -0.25) is 4.68 Å². The molecule has 1 rings (SSSR count). The van der Waals surface area contributed by atoms with Crippen molar-refractivity contribution in [3.05, 3.63) is 18.0 Å². The van der Waals surface area contributed by atoms with Gasteiger partial charge in [0.15, 0.2) is 0 Å². The maximum Gasteiger partial charge on any atom is 0.0492 e. The molecule has 1 aromatic heterocycles. The number of hydrogen-bond donors (Lipinski definition) is 1. The number of rotatable bonds is 4. The molecule has 0 saturated carbocycles. The molecule has 0 aliphatic heterocycles. The molecule has 0 fully saturated rings. The van der Waals surface area contributed by atoms with Gasteiger partial charge in [-0.1, -0.05) is 13.8 Å². The van der Waals surface area contributed by atoms with Crippen LogP contribution >= 0.6 is 0 Å². The summed E-state index contributed by atoms with van der Waals surface area (Å²) in [6.45, 7) is 6.03. The highest BCUT2D eigenvalue weighted by atomic mass is 15.3. The Balaban J connectivity index is 2.64.